The van der Waals surface area contributed by atoms with Gasteiger partial charge in [-0.05, 0) is 19.1 Å². The smallest absolute Gasteiger partial charge is 0.0947 e. The number of hydrogen-bond donors (Lipinski definition) is 1. The molecule has 0 amide bonds. The molecular weight excluding hydrogens is 176 g/mol. The van der Waals surface area contributed by atoms with E-state index in [2.05, 4.69) is 10.1 Å². The van der Waals surface area contributed by atoms with E-state index in [1.54, 1.807) is 12.4 Å². The van der Waals surface area contributed by atoms with Crippen molar-refractivity contribution in [1.29, 1.82) is 0 Å². The fourth-order valence-electron chi connectivity index (χ4n) is 1.33. The molecule has 0 unspecified atom stereocenters. The first-order valence-corrected chi connectivity index (χ1v) is 4.39. The highest BCUT2D eigenvalue weighted by Crippen LogP contribution is 2.23. The molecule has 0 saturated carbocycles. The molecule has 4 heteroatoms. The van der Waals surface area contributed by atoms with Crippen molar-refractivity contribution in [1.82, 2.24) is 14.8 Å². The Balaban J connectivity index is 2.55. The molecule has 0 aliphatic heterocycles. The van der Waals surface area contributed by atoms with Crippen molar-refractivity contribution < 1.29 is 0 Å². The van der Waals surface area contributed by atoms with Gasteiger partial charge in [0.05, 0.1) is 17.6 Å². The standard InChI is InChI=1S/C10H12N4/c1-7-5-10(13-14(7)2)8-3-4-12-6-9(8)11/h3-6H,11H2,1-2H3. The van der Waals surface area contributed by atoms with Crippen molar-refractivity contribution in [2.24, 2.45) is 7.05 Å². The van der Waals surface area contributed by atoms with Gasteiger partial charge in [-0.2, -0.15) is 5.10 Å². The lowest BCUT2D eigenvalue weighted by Crippen LogP contribution is -1.94. The van der Waals surface area contributed by atoms with E-state index in [4.69, 9.17) is 5.73 Å². The Labute approximate surface area is 82.4 Å². The number of nitrogen functional groups attached to an aromatic ring is 1. The van der Waals surface area contributed by atoms with Crippen LogP contribution in [0.25, 0.3) is 11.3 Å². The van der Waals surface area contributed by atoms with Crippen LogP contribution >= 0.6 is 0 Å². The topological polar surface area (TPSA) is 56.7 Å². The van der Waals surface area contributed by atoms with Gasteiger partial charge < -0.3 is 5.73 Å². The van der Waals surface area contributed by atoms with Gasteiger partial charge in [-0.15, -0.1) is 0 Å². The van der Waals surface area contributed by atoms with Crippen LogP contribution in [0.1, 0.15) is 5.69 Å². The first kappa shape index (κ1) is 8.74. The zero-order chi connectivity index (χ0) is 10.1. The highest BCUT2D eigenvalue weighted by Gasteiger charge is 2.06. The summed E-state index contributed by atoms with van der Waals surface area (Å²) < 4.78 is 1.83. The summed E-state index contributed by atoms with van der Waals surface area (Å²) in [6.45, 7) is 2.01. The minimum atomic E-state index is 0.658. The summed E-state index contributed by atoms with van der Waals surface area (Å²) in [6.07, 6.45) is 3.36. The zero-order valence-corrected chi connectivity index (χ0v) is 8.23. The van der Waals surface area contributed by atoms with Crippen molar-refractivity contribution in [2.75, 3.05) is 5.73 Å². The Morgan fingerprint density at radius 2 is 2.21 bits per heavy atom. The first-order chi connectivity index (χ1) is 6.68. The summed E-state index contributed by atoms with van der Waals surface area (Å²) in [5.41, 5.74) is 9.39. The van der Waals surface area contributed by atoms with Gasteiger partial charge in [0, 0.05) is 24.5 Å². The third-order valence-corrected chi connectivity index (χ3v) is 2.24. The third-order valence-electron chi connectivity index (χ3n) is 2.24. The summed E-state index contributed by atoms with van der Waals surface area (Å²) >= 11 is 0. The van der Waals surface area contributed by atoms with Crippen LogP contribution in [-0.4, -0.2) is 14.8 Å². The van der Waals surface area contributed by atoms with Crippen LogP contribution in [0.15, 0.2) is 24.5 Å². The Morgan fingerprint density at radius 3 is 2.79 bits per heavy atom. The number of aryl methyl sites for hydroxylation is 2. The van der Waals surface area contributed by atoms with E-state index in [1.807, 2.05) is 30.8 Å². The molecule has 72 valence electrons. The second-order valence-electron chi connectivity index (χ2n) is 3.26. The van der Waals surface area contributed by atoms with Crippen LogP contribution in [0.4, 0.5) is 5.69 Å². The van der Waals surface area contributed by atoms with Crippen LogP contribution in [0.3, 0.4) is 0 Å². The van der Waals surface area contributed by atoms with Gasteiger partial charge in [0.25, 0.3) is 0 Å². The van der Waals surface area contributed by atoms with Gasteiger partial charge in [0.1, 0.15) is 0 Å². The second-order valence-corrected chi connectivity index (χ2v) is 3.26. The van der Waals surface area contributed by atoms with Crippen LogP contribution in [0, 0.1) is 6.92 Å². The van der Waals surface area contributed by atoms with E-state index < -0.39 is 0 Å². The lowest BCUT2D eigenvalue weighted by Gasteiger charge is -1.99. The number of rotatable bonds is 1. The van der Waals surface area contributed by atoms with Crippen molar-refractivity contribution in [3.63, 3.8) is 0 Å². The molecular formula is C10H12N4. The molecule has 0 aromatic carbocycles. The monoisotopic (exact) mass is 188 g/mol. The molecule has 2 heterocycles. The predicted molar refractivity (Wildman–Crippen MR) is 55.6 cm³/mol. The number of anilines is 1. The normalized spacial score (nSPS) is 10.4. The number of nitrogens with zero attached hydrogens (tertiary/aromatic N) is 3. The molecule has 0 aliphatic carbocycles. The molecule has 2 aromatic heterocycles. The number of nitrogens with two attached hydrogens (primary N) is 1. The Morgan fingerprint density at radius 1 is 1.43 bits per heavy atom. The van der Waals surface area contributed by atoms with Crippen molar-refractivity contribution >= 4 is 5.69 Å². The predicted octanol–water partition coefficient (Wildman–Crippen LogP) is 1.37. The SMILES string of the molecule is Cc1cc(-c2ccncc2N)nn1C. The molecule has 0 radical (unpaired) electrons. The number of aromatic nitrogens is 3. The molecule has 0 saturated heterocycles. The fraction of sp³-hybridized carbons (Fsp3) is 0.200. The van der Waals surface area contributed by atoms with Crippen molar-refractivity contribution in [3.05, 3.63) is 30.2 Å². The lowest BCUT2D eigenvalue weighted by atomic mass is 10.1. The highest BCUT2D eigenvalue weighted by atomic mass is 15.3. The number of hydrogen-bond acceptors (Lipinski definition) is 3. The molecule has 0 spiro atoms. The molecule has 0 atom stereocenters. The molecule has 0 bridgehead atoms. The average Bonchev–Trinajstić information content (AvgIpc) is 2.48. The summed E-state index contributed by atoms with van der Waals surface area (Å²) in [5, 5.41) is 4.35. The largest absolute Gasteiger partial charge is 0.397 e. The van der Waals surface area contributed by atoms with Gasteiger partial charge in [-0.25, -0.2) is 0 Å². The molecule has 0 aliphatic rings. The van der Waals surface area contributed by atoms with Gasteiger partial charge in [0.2, 0.25) is 0 Å². The van der Waals surface area contributed by atoms with E-state index in [1.165, 1.54) is 0 Å². The third kappa shape index (κ3) is 1.35. The maximum absolute atomic E-state index is 5.80. The number of pyridine rings is 1. The molecule has 0 fully saturated rings. The lowest BCUT2D eigenvalue weighted by molar-refractivity contribution is 0.743. The quantitative estimate of drug-likeness (QED) is 0.735. The van der Waals surface area contributed by atoms with Gasteiger partial charge in [-0.1, -0.05) is 0 Å². The van der Waals surface area contributed by atoms with Gasteiger partial charge in [0.15, 0.2) is 0 Å². The average molecular weight is 188 g/mol. The van der Waals surface area contributed by atoms with Crippen molar-refractivity contribution in [3.8, 4) is 11.3 Å². The van der Waals surface area contributed by atoms with Crippen LogP contribution in [0.5, 0.6) is 0 Å². The molecule has 2 N–H and O–H groups in total. The Kier molecular flexibility index (Phi) is 1.96. The van der Waals surface area contributed by atoms with E-state index in [-0.39, 0.29) is 0 Å². The van der Waals surface area contributed by atoms with Crippen LogP contribution in [-0.2, 0) is 7.05 Å². The van der Waals surface area contributed by atoms with Gasteiger partial charge in [-0.3, -0.25) is 9.67 Å². The Bertz CT molecular complexity index is 439. The highest BCUT2D eigenvalue weighted by molar-refractivity contribution is 5.72. The first-order valence-electron chi connectivity index (χ1n) is 4.39. The molecule has 14 heavy (non-hydrogen) atoms. The van der Waals surface area contributed by atoms with Gasteiger partial charge >= 0.3 is 0 Å². The summed E-state index contributed by atoms with van der Waals surface area (Å²) in [4.78, 5) is 3.94. The Hall–Kier alpha value is -1.84. The van der Waals surface area contributed by atoms with Crippen LogP contribution < -0.4 is 5.73 Å². The zero-order valence-electron chi connectivity index (χ0n) is 8.23. The van der Waals surface area contributed by atoms with E-state index >= 15 is 0 Å². The fourth-order valence-corrected chi connectivity index (χ4v) is 1.33. The molecule has 4 nitrogen and oxygen atoms in total. The summed E-state index contributed by atoms with van der Waals surface area (Å²) in [5.74, 6) is 0. The minimum Gasteiger partial charge on any atom is -0.397 e. The van der Waals surface area contributed by atoms with Crippen LogP contribution in [0.2, 0.25) is 0 Å². The second kappa shape index (κ2) is 3.14. The maximum atomic E-state index is 5.80. The maximum Gasteiger partial charge on any atom is 0.0947 e. The van der Waals surface area contributed by atoms with E-state index in [0.29, 0.717) is 5.69 Å². The van der Waals surface area contributed by atoms with E-state index in [0.717, 1.165) is 17.0 Å². The summed E-state index contributed by atoms with van der Waals surface area (Å²) in [6, 6.07) is 3.88. The van der Waals surface area contributed by atoms with E-state index in [9.17, 15) is 0 Å². The molecule has 2 rings (SSSR count). The molecule has 2 aromatic rings. The minimum absolute atomic E-state index is 0.658. The van der Waals surface area contributed by atoms with Crippen molar-refractivity contribution in [2.45, 2.75) is 6.92 Å². The summed E-state index contributed by atoms with van der Waals surface area (Å²) in [7, 11) is 1.91.